The Balaban J connectivity index is 0.00000580. The van der Waals surface area contributed by atoms with E-state index in [1.165, 1.54) is 12.0 Å². The van der Waals surface area contributed by atoms with Crippen LogP contribution in [0.15, 0.2) is 29.6 Å². The number of hydrogen-bond acceptors (Lipinski definition) is 6. The van der Waals surface area contributed by atoms with Crippen molar-refractivity contribution in [2.45, 2.75) is 93.4 Å². The second kappa shape index (κ2) is 17.6. The van der Waals surface area contributed by atoms with Crippen molar-refractivity contribution >= 4 is 70.7 Å². The summed E-state index contributed by atoms with van der Waals surface area (Å²) in [5.74, 6) is -3.31. The summed E-state index contributed by atoms with van der Waals surface area (Å²) in [4.78, 5) is 56.2. The Kier molecular flexibility index (Phi) is 13.4. The molecule has 0 unspecified atom stereocenters. The molecule has 5 heterocycles. The number of unbranched alkanes of at least 4 members (excludes halogenated alkanes) is 2. The van der Waals surface area contributed by atoms with Gasteiger partial charge in [-0.05, 0) is 76.9 Å². The molecule has 0 aromatic carbocycles. The van der Waals surface area contributed by atoms with Gasteiger partial charge in [-0.15, -0.1) is 33.5 Å². The molecular formula is C44H51MgN5O5-2. The minimum atomic E-state index is -1.29. The standard InChI is InChI=1S/C44H52N5O5.Mg/c1-9-12-13-14-23(4)17-18-53-37(50)16-15-30-26(7)33-19-31-24(5)28(10-2)35(46-31)20-32-25(6)29(11-3)36(47-32)21-34-27(8)38-42(49-34)39(41(30)48-33)40(43(38)51)44(52)54-22-45;/h10,17,19-21,26,30,40H,2,9,11-16,18,22,45H2,1,3-8H3,(H-,48,49,51);/q-3;+2/p-1/b23-17+,32-20-,33-19-,36-21-;/t26-,30-,40+;/m0./s1. The summed E-state index contributed by atoms with van der Waals surface area (Å²) in [6, 6.07) is 0. The normalized spacial score (nSPS) is 22.1. The zero-order valence-electron chi connectivity index (χ0n) is 33.3. The van der Waals surface area contributed by atoms with Gasteiger partial charge in [0.25, 0.3) is 0 Å². The van der Waals surface area contributed by atoms with Crippen molar-refractivity contribution < 1.29 is 23.9 Å². The van der Waals surface area contributed by atoms with Gasteiger partial charge in [0.1, 0.15) is 19.3 Å². The number of fused-ring (bicyclic) bond motifs is 7. The van der Waals surface area contributed by atoms with Crippen LogP contribution in [0.2, 0.25) is 0 Å². The van der Waals surface area contributed by atoms with Crippen LogP contribution < -0.4 is 31.4 Å². The molecule has 3 atom stereocenters. The number of carbonyl (C=O) groups excluding carboxylic acids is 3. The third kappa shape index (κ3) is 8.02. The first-order valence-corrected chi connectivity index (χ1v) is 19.2. The molecule has 286 valence electrons. The van der Waals surface area contributed by atoms with Crippen molar-refractivity contribution in [1.29, 1.82) is 0 Å². The van der Waals surface area contributed by atoms with Gasteiger partial charge in [-0.3, -0.25) is 20.1 Å². The predicted molar refractivity (Wildman–Crippen MR) is 217 cm³/mol. The summed E-state index contributed by atoms with van der Waals surface area (Å²) in [5.41, 5.74) is 16.0. The predicted octanol–water partition coefficient (Wildman–Crippen LogP) is 5.79. The number of ketones is 1. The number of esters is 2. The van der Waals surface area contributed by atoms with Crippen LogP contribution in [0.5, 0.6) is 0 Å². The smallest absolute Gasteiger partial charge is 0.664 e. The molecule has 10 nitrogen and oxygen atoms in total. The van der Waals surface area contributed by atoms with E-state index in [-0.39, 0.29) is 60.6 Å². The Morgan fingerprint density at radius 3 is 2.35 bits per heavy atom. The van der Waals surface area contributed by atoms with Crippen LogP contribution in [-0.4, -0.2) is 54.1 Å². The first kappa shape index (κ1) is 41.8. The molecule has 2 aliphatic heterocycles. The van der Waals surface area contributed by atoms with Crippen LogP contribution in [0.1, 0.15) is 127 Å². The molecule has 0 amide bonds. The van der Waals surface area contributed by atoms with E-state index in [2.05, 4.69) is 34.3 Å². The second-order valence-corrected chi connectivity index (χ2v) is 14.6. The van der Waals surface area contributed by atoms with E-state index >= 15 is 0 Å². The van der Waals surface area contributed by atoms with Crippen molar-refractivity contribution in [3.8, 4) is 0 Å². The molecule has 8 bridgehead atoms. The fourth-order valence-corrected chi connectivity index (χ4v) is 8.08. The second-order valence-electron chi connectivity index (χ2n) is 14.6. The van der Waals surface area contributed by atoms with E-state index in [1.807, 2.05) is 51.2 Å². The maximum atomic E-state index is 14.3. The summed E-state index contributed by atoms with van der Waals surface area (Å²) >= 11 is 0. The average molecular weight is 754 g/mol. The molecule has 0 saturated carbocycles. The zero-order chi connectivity index (χ0) is 38.8. The largest absolute Gasteiger partial charge is 2.00 e. The van der Waals surface area contributed by atoms with Gasteiger partial charge in [-0.2, -0.15) is 11.4 Å². The van der Waals surface area contributed by atoms with Gasteiger partial charge in [-0.1, -0.05) is 97.9 Å². The Labute approximate surface area is 340 Å². The fourth-order valence-electron chi connectivity index (χ4n) is 8.08. The molecule has 1 aliphatic carbocycles. The van der Waals surface area contributed by atoms with Crippen molar-refractivity contribution in [3.05, 3.63) is 102 Å². The number of ether oxygens (including phenoxy) is 2. The Hall–Kier alpha value is -4.32. The molecule has 0 spiro atoms. The fraction of sp³-hybridized carbons (Fsp3) is 0.432. The van der Waals surface area contributed by atoms with Crippen LogP contribution in [-0.2, 0) is 25.5 Å². The van der Waals surface area contributed by atoms with Crippen molar-refractivity contribution in [1.82, 2.24) is 15.0 Å². The van der Waals surface area contributed by atoms with Crippen molar-refractivity contribution in [3.63, 3.8) is 0 Å². The number of rotatable bonds is 13. The van der Waals surface area contributed by atoms with E-state index < -0.39 is 17.7 Å². The summed E-state index contributed by atoms with van der Waals surface area (Å²) < 4.78 is 10.9. The van der Waals surface area contributed by atoms with E-state index in [0.717, 1.165) is 75.7 Å². The van der Waals surface area contributed by atoms with Crippen molar-refractivity contribution in [2.24, 2.45) is 23.5 Å². The molecule has 55 heavy (non-hydrogen) atoms. The van der Waals surface area contributed by atoms with E-state index in [4.69, 9.17) is 35.5 Å². The van der Waals surface area contributed by atoms with Gasteiger partial charge < -0.3 is 29.7 Å². The van der Waals surface area contributed by atoms with Gasteiger partial charge in [0.05, 0.1) is 0 Å². The molecule has 6 rings (SSSR count). The maximum Gasteiger partial charge on any atom is 2.00 e. The van der Waals surface area contributed by atoms with Gasteiger partial charge in [0, 0.05) is 12.0 Å². The topological polar surface area (TPSA) is 152 Å². The first-order valence-electron chi connectivity index (χ1n) is 19.2. The van der Waals surface area contributed by atoms with E-state index in [0.29, 0.717) is 40.2 Å². The molecule has 11 heteroatoms. The van der Waals surface area contributed by atoms with Gasteiger partial charge in [-0.25, -0.2) is 0 Å². The SMILES string of the molecule is C=Cc1c2[n-]c(c1C)/C=C1\[N-]/C(=C3\c4[n-]c(c(C)c4C(=O)[C@@H]3C(=O)OCN)/C=c3\[n-]/c(c(C)c3CC)=C\2)[C@@H](CCC(=O)OC/C=C(\C)CCCCC)[C@@H]1C.[Mg+2]. The van der Waals surface area contributed by atoms with Gasteiger partial charge in [0.2, 0.25) is 0 Å². The van der Waals surface area contributed by atoms with Crippen LogP contribution in [0, 0.1) is 38.5 Å². The molecule has 0 radical (unpaired) electrons. The number of allylic oxidation sites excluding steroid dienone is 3. The number of nitrogens with two attached hydrogens (primary N) is 1. The number of Topliss-reactive ketones (excluding diaryl/α,β-unsaturated/α-hetero) is 1. The number of nitrogens with zero attached hydrogens (tertiary/aromatic N) is 4. The zero-order valence-corrected chi connectivity index (χ0v) is 34.7. The Bertz CT molecular complexity index is 2230. The molecule has 1 saturated heterocycles. The van der Waals surface area contributed by atoms with Crippen LogP contribution >= 0.6 is 0 Å². The molecular weight excluding hydrogens is 703 g/mol. The maximum absolute atomic E-state index is 14.3. The van der Waals surface area contributed by atoms with Crippen molar-refractivity contribution in [2.75, 3.05) is 13.3 Å². The molecule has 1 fully saturated rings. The first-order chi connectivity index (χ1) is 25.9. The quantitative estimate of drug-likeness (QED) is 0.0571. The number of hydrogen-bond donors (Lipinski definition) is 1. The Morgan fingerprint density at radius 1 is 0.927 bits per heavy atom. The minimum absolute atomic E-state index is 0. The van der Waals surface area contributed by atoms with Crippen LogP contribution in [0.4, 0.5) is 0 Å². The molecule has 3 aromatic rings. The third-order valence-corrected chi connectivity index (χ3v) is 11.3. The van der Waals surface area contributed by atoms with E-state index in [1.54, 1.807) is 0 Å². The summed E-state index contributed by atoms with van der Waals surface area (Å²) in [5, 5.41) is 6.76. The molecule has 3 aliphatic rings. The number of carbonyl (C=O) groups is 3. The van der Waals surface area contributed by atoms with E-state index in [9.17, 15) is 14.4 Å². The van der Waals surface area contributed by atoms with Gasteiger partial charge in [0.15, 0.2) is 5.78 Å². The molecule has 2 N–H and O–H groups in total. The average Bonchev–Trinajstić information content (AvgIpc) is 3.88. The summed E-state index contributed by atoms with van der Waals surface area (Å²) in [6.07, 6.45) is 15.3. The summed E-state index contributed by atoms with van der Waals surface area (Å²) in [6.45, 7) is 18.2. The van der Waals surface area contributed by atoms with Crippen LogP contribution in [0.3, 0.4) is 0 Å². The monoisotopic (exact) mass is 753 g/mol. The Morgan fingerprint density at radius 2 is 1.65 bits per heavy atom. The van der Waals surface area contributed by atoms with Gasteiger partial charge >= 0.3 is 35.0 Å². The van der Waals surface area contributed by atoms with Crippen LogP contribution in [0.25, 0.3) is 35.2 Å². The number of aromatic nitrogens is 3. The molecule has 3 aromatic heterocycles. The minimum Gasteiger partial charge on any atom is -0.664 e. The third-order valence-electron chi connectivity index (χ3n) is 11.3. The summed E-state index contributed by atoms with van der Waals surface area (Å²) in [7, 11) is 0.